The lowest BCUT2D eigenvalue weighted by atomic mass is 9.86. The number of nitrogens with one attached hydrogen (secondary N) is 1. The first kappa shape index (κ1) is 25.7. The summed E-state index contributed by atoms with van der Waals surface area (Å²) in [6.07, 6.45) is 2.21. The summed E-state index contributed by atoms with van der Waals surface area (Å²) in [5, 5.41) is 0. The van der Waals surface area contributed by atoms with Crippen molar-refractivity contribution >= 4 is 22.4 Å². The van der Waals surface area contributed by atoms with Gasteiger partial charge in [0.1, 0.15) is 5.82 Å². The normalized spacial score (nSPS) is 20.8. The molecule has 0 radical (unpaired) electrons. The van der Waals surface area contributed by atoms with Gasteiger partial charge in [-0.3, -0.25) is 4.90 Å². The van der Waals surface area contributed by atoms with Crippen LogP contribution in [0.2, 0.25) is 0 Å². The van der Waals surface area contributed by atoms with Crippen LogP contribution in [0.15, 0.2) is 48.5 Å². The third-order valence-electron chi connectivity index (χ3n) is 5.60. The molecule has 1 heterocycles. The highest BCUT2D eigenvalue weighted by molar-refractivity contribution is 7.88. The Balaban J connectivity index is 0.00000341. The van der Waals surface area contributed by atoms with Crippen molar-refractivity contribution in [3.63, 3.8) is 0 Å². The summed E-state index contributed by atoms with van der Waals surface area (Å²) in [4.78, 5) is 2.38. The van der Waals surface area contributed by atoms with E-state index in [-0.39, 0.29) is 36.3 Å². The van der Waals surface area contributed by atoms with Crippen LogP contribution in [0.1, 0.15) is 48.9 Å². The maximum absolute atomic E-state index is 13.3. The SMILES string of the molecule is CCOC1CN(Cc2ccc([C@@H](C)NS(C)(=O)=O)cc2)CCC1c1ccc(F)cc1.Cl. The number of rotatable bonds is 8. The summed E-state index contributed by atoms with van der Waals surface area (Å²) in [5.74, 6) is 0.0562. The van der Waals surface area contributed by atoms with Gasteiger partial charge in [-0.1, -0.05) is 36.4 Å². The Morgan fingerprint density at radius 2 is 1.81 bits per heavy atom. The fourth-order valence-electron chi connectivity index (χ4n) is 4.16. The lowest BCUT2D eigenvalue weighted by Gasteiger charge is -2.38. The number of ether oxygens (including phenoxy) is 1. The number of piperidine rings is 1. The topological polar surface area (TPSA) is 58.6 Å². The van der Waals surface area contributed by atoms with Crippen molar-refractivity contribution in [3.8, 4) is 0 Å². The molecular weight excluding hydrogens is 439 g/mol. The molecule has 3 rings (SSSR count). The summed E-state index contributed by atoms with van der Waals surface area (Å²) in [6.45, 7) is 7.07. The first-order chi connectivity index (χ1) is 14.2. The first-order valence-electron chi connectivity index (χ1n) is 10.4. The molecule has 1 aliphatic rings. The first-order valence-corrected chi connectivity index (χ1v) is 12.3. The molecule has 2 aromatic carbocycles. The Bertz CT molecular complexity index is 923. The van der Waals surface area contributed by atoms with Gasteiger partial charge >= 0.3 is 0 Å². The number of hydrogen-bond acceptors (Lipinski definition) is 4. The molecule has 0 aromatic heterocycles. The minimum Gasteiger partial charge on any atom is -0.377 e. The van der Waals surface area contributed by atoms with Crippen molar-refractivity contribution in [2.45, 2.75) is 44.9 Å². The van der Waals surface area contributed by atoms with E-state index in [1.807, 2.05) is 38.1 Å². The molecule has 0 amide bonds. The van der Waals surface area contributed by atoms with Crippen molar-refractivity contribution in [1.82, 2.24) is 9.62 Å². The minimum atomic E-state index is -3.24. The highest BCUT2D eigenvalue weighted by atomic mass is 35.5. The molecule has 31 heavy (non-hydrogen) atoms. The van der Waals surface area contributed by atoms with Gasteiger partial charge in [0.05, 0.1) is 12.4 Å². The Hall–Kier alpha value is -1.51. The van der Waals surface area contributed by atoms with Crippen LogP contribution in [0.25, 0.3) is 0 Å². The second-order valence-corrected chi connectivity index (χ2v) is 9.81. The predicted octanol–water partition coefficient (Wildman–Crippen LogP) is 4.25. The summed E-state index contributed by atoms with van der Waals surface area (Å²) in [5.41, 5.74) is 3.25. The lowest BCUT2D eigenvalue weighted by Crippen LogP contribution is -2.43. The van der Waals surface area contributed by atoms with Gasteiger partial charge in [-0.2, -0.15) is 0 Å². The van der Waals surface area contributed by atoms with E-state index in [9.17, 15) is 12.8 Å². The molecule has 1 saturated heterocycles. The standard InChI is InChI=1S/C23H31FN2O3S.ClH/c1-4-29-23-16-26(14-13-22(23)20-9-11-21(24)12-10-20)15-18-5-7-19(8-6-18)17(2)25-30(3,27)28;/h5-12,17,22-23,25H,4,13-16H2,1-3H3;1H/t17-,22?,23?;/m1./s1. The monoisotopic (exact) mass is 470 g/mol. The van der Waals surface area contributed by atoms with E-state index >= 15 is 0 Å². The molecule has 172 valence electrons. The summed E-state index contributed by atoms with van der Waals surface area (Å²) >= 11 is 0. The average molecular weight is 471 g/mol. The number of benzene rings is 2. The zero-order valence-electron chi connectivity index (χ0n) is 18.3. The van der Waals surface area contributed by atoms with Crippen LogP contribution in [0.4, 0.5) is 4.39 Å². The van der Waals surface area contributed by atoms with Gasteiger partial charge in [-0.25, -0.2) is 17.5 Å². The van der Waals surface area contributed by atoms with Crippen LogP contribution in [0.3, 0.4) is 0 Å². The number of hydrogen-bond donors (Lipinski definition) is 1. The quantitative estimate of drug-likeness (QED) is 0.626. The largest absolute Gasteiger partial charge is 0.377 e. The summed E-state index contributed by atoms with van der Waals surface area (Å²) < 4.78 is 44.8. The zero-order chi connectivity index (χ0) is 21.7. The third-order valence-corrected chi connectivity index (χ3v) is 6.38. The van der Waals surface area contributed by atoms with Crippen molar-refractivity contribution in [3.05, 3.63) is 71.0 Å². The molecule has 0 spiro atoms. The van der Waals surface area contributed by atoms with E-state index in [2.05, 4.69) is 21.8 Å². The van der Waals surface area contributed by atoms with E-state index in [0.717, 1.165) is 37.2 Å². The average Bonchev–Trinajstić information content (AvgIpc) is 2.69. The smallest absolute Gasteiger partial charge is 0.209 e. The number of nitrogens with zero attached hydrogens (tertiary/aromatic N) is 1. The fourth-order valence-corrected chi connectivity index (χ4v) is 4.94. The van der Waals surface area contributed by atoms with Gasteiger partial charge in [0, 0.05) is 31.7 Å². The van der Waals surface area contributed by atoms with E-state index < -0.39 is 10.0 Å². The molecule has 8 heteroatoms. The fraction of sp³-hybridized carbons (Fsp3) is 0.478. The molecule has 2 unspecified atom stereocenters. The van der Waals surface area contributed by atoms with Gasteiger partial charge in [0.2, 0.25) is 10.0 Å². The second-order valence-electron chi connectivity index (χ2n) is 8.03. The van der Waals surface area contributed by atoms with Crippen LogP contribution in [-0.4, -0.2) is 45.4 Å². The van der Waals surface area contributed by atoms with Gasteiger partial charge in [0.25, 0.3) is 0 Å². The molecule has 1 N–H and O–H groups in total. The molecule has 2 aromatic rings. The third kappa shape index (κ3) is 7.54. The Morgan fingerprint density at radius 1 is 1.16 bits per heavy atom. The van der Waals surface area contributed by atoms with Gasteiger partial charge in [0.15, 0.2) is 0 Å². The van der Waals surface area contributed by atoms with Crippen molar-refractivity contribution < 1.29 is 17.5 Å². The maximum Gasteiger partial charge on any atom is 0.209 e. The molecule has 0 saturated carbocycles. The zero-order valence-corrected chi connectivity index (χ0v) is 19.9. The van der Waals surface area contributed by atoms with Crippen LogP contribution < -0.4 is 4.72 Å². The molecular formula is C23H32ClFN2O3S. The van der Waals surface area contributed by atoms with Crippen LogP contribution in [0.5, 0.6) is 0 Å². The second kappa shape index (κ2) is 11.4. The van der Waals surface area contributed by atoms with E-state index in [0.29, 0.717) is 6.61 Å². The van der Waals surface area contributed by atoms with Crippen molar-refractivity contribution in [1.29, 1.82) is 0 Å². The minimum absolute atomic E-state index is 0. The van der Waals surface area contributed by atoms with Crippen molar-refractivity contribution in [2.24, 2.45) is 0 Å². The van der Waals surface area contributed by atoms with E-state index in [4.69, 9.17) is 4.74 Å². The van der Waals surface area contributed by atoms with E-state index in [1.54, 1.807) is 0 Å². The number of sulfonamides is 1. The van der Waals surface area contributed by atoms with Gasteiger partial charge < -0.3 is 4.74 Å². The molecule has 0 bridgehead atoms. The predicted molar refractivity (Wildman–Crippen MR) is 125 cm³/mol. The molecule has 3 atom stereocenters. The Labute approximate surface area is 191 Å². The number of halogens is 2. The van der Waals surface area contributed by atoms with E-state index in [1.165, 1.54) is 24.0 Å². The number of likely N-dealkylation sites (tertiary alicyclic amines) is 1. The summed E-state index contributed by atoms with van der Waals surface area (Å²) in [6, 6.07) is 14.6. The Kier molecular flexibility index (Phi) is 9.45. The molecule has 5 nitrogen and oxygen atoms in total. The van der Waals surface area contributed by atoms with Gasteiger partial charge in [-0.05, 0) is 55.6 Å². The van der Waals surface area contributed by atoms with Crippen LogP contribution in [0, 0.1) is 5.82 Å². The molecule has 1 fully saturated rings. The highest BCUT2D eigenvalue weighted by Crippen LogP contribution is 2.31. The Morgan fingerprint density at radius 3 is 2.39 bits per heavy atom. The highest BCUT2D eigenvalue weighted by Gasteiger charge is 2.31. The lowest BCUT2D eigenvalue weighted by molar-refractivity contribution is -0.0116. The summed E-state index contributed by atoms with van der Waals surface area (Å²) in [7, 11) is -3.24. The van der Waals surface area contributed by atoms with Crippen LogP contribution >= 0.6 is 12.4 Å². The maximum atomic E-state index is 13.3. The van der Waals surface area contributed by atoms with Gasteiger partial charge in [-0.15, -0.1) is 12.4 Å². The van der Waals surface area contributed by atoms with Crippen molar-refractivity contribution in [2.75, 3.05) is 26.0 Å². The van der Waals surface area contributed by atoms with Crippen LogP contribution in [-0.2, 0) is 21.3 Å². The molecule has 0 aliphatic carbocycles. The molecule has 1 aliphatic heterocycles.